The van der Waals surface area contributed by atoms with Gasteiger partial charge >= 0.3 is 0 Å². The molecule has 0 unspecified atom stereocenters. The van der Waals surface area contributed by atoms with Crippen LogP contribution in [0.2, 0.25) is 0 Å². The van der Waals surface area contributed by atoms with Crippen molar-refractivity contribution in [1.82, 2.24) is 4.98 Å². The van der Waals surface area contributed by atoms with Gasteiger partial charge in [0.25, 0.3) is 0 Å². The van der Waals surface area contributed by atoms with Crippen LogP contribution in [0.15, 0.2) is 54.7 Å². The van der Waals surface area contributed by atoms with E-state index in [0.29, 0.717) is 0 Å². The lowest BCUT2D eigenvalue weighted by Crippen LogP contribution is -1.91. The minimum Gasteiger partial charge on any atom is -0.496 e. The maximum absolute atomic E-state index is 5.42. The number of benzene rings is 2. The summed E-state index contributed by atoms with van der Waals surface area (Å²) in [4.78, 5) is 4.38. The number of methoxy groups -OCH3 is 2. The summed E-state index contributed by atoms with van der Waals surface area (Å²) in [6.45, 7) is 0. The van der Waals surface area contributed by atoms with Gasteiger partial charge in [-0.15, -0.1) is 0 Å². The highest BCUT2D eigenvalue weighted by atomic mass is 16.5. The maximum Gasteiger partial charge on any atom is 0.129 e. The Kier molecular flexibility index (Phi) is 4.05. The van der Waals surface area contributed by atoms with Gasteiger partial charge in [0.05, 0.1) is 25.3 Å². The maximum atomic E-state index is 5.42. The van der Waals surface area contributed by atoms with Crippen molar-refractivity contribution in [2.24, 2.45) is 0 Å². The summed E-state index contributed by atoms with van der Waals surface area (Å²) in [5.74, 6) is 1.57. The number of hydrogen-bond acceptors (Lipinski definition) is 3. The third kappa shape index (κ3) is 2.66. The molecule has 3 heteroatoms. The third-order valence-electron chi connectivity index (χ3n) is 3.58. The van der Waals surface area contributed by atoms with Gasteiger partial charge in [0.2, 0.25) is 0 Å². The zero-order chi connectivity index (χ0) is 15.4. The van der Waals surface area contributed by atoms with E-state index in [9.17, 15) is 0 Å². The smallest absolute Gasteiger partial charge is 0.129 e. The Morgan fingerprint density at radius 3 is 2.27 bits per heavy atom. The number of hydrogen-bond donors (Lipinski definition) is 0. The van der Waals surface area contributed by atoms with Crippen LogP contribution in [0, 0.1) is 0 Å². The molecule has 3 aromatic rings. The highest BCUT2D eigenvalue weighted by Crippen LogP contribution is 2.30. The Bertz CT molecular complexity index is 797. The van der Waals surface area contributed by atoms with Gasteiger partial charge in [-0.1, -0.05) is 30.3 Å². The predicted molar refractivity (Wildman–Crippen MR) is 90.2 cm³/mol. The normalized spacial score (nSPS) is 11.0. The van der Waals surface area contributed by atoms with E-state index in [1.165, 1.54) is 0 Å². The first-order valence-corrected chi connectivity index (χ1v) is 7.06. The lowest BCUT2D eigenvalue weighted by Gasteiger charge is -2.09. The Balaban J connectivity index is 2.07. The van der Waals surface area contributed by atoms with Crippen molar-refractivity contribution in [1.29, 1.82) is 0 Å². The summed E-state index contributed by atoms with van der Waals surface area (Å²) < 4.78 is 10.8. The standard InChI is InChI=1S/C19H17NO2/c1-21-18-8-5-9-19(22-2)16(18)11-10-14-12-13-20-17-7-4-3-6-15(14)17/h3-13H,1-2H3. The predicted octanol–water partition coefficient (Wildman–Crippen LogP) is 4.42. The van der Waals surface area contributed by atoms with Crippen LogP contribution in [0.4, 0.5) is 0 Å². The number of fused-ring (bicyclic) bond motifs is 1. The van der Waals surface area contributed by atoms with E-state index in [1.54, 1.807) is 14.2 Å². The summed E-state index contributed by atoms with van der Waals surface area (Å²) in [7, 11) is 3.32. The number of nitrogens with zero attached hydrogens (tertiary/aromatic N) is 1. The van der Waals surface area contributed by atoms with Crippen molar-refractivity contribution in [3.05, 3.63) is 65.9 Å². The largest absolute Gasteiger partial charge is 0.496 e. The molecule has 0 fully saturated rings. The number of pyridine rings is 1. The highest BCUT2D eigenvalue weighted by molar-refractivity contribution is 5.91. The molecule has 22 heavy (non-hydrogen) atoms. The minimum atomic E-state index is 0.786. The molecule has 0 atom stereocenters. The van der Waals surface area contributed by atoms with Gasteiger partial charge in [-0.25, -0.2) is 0 Å². The summed E-state index contributed by atoms with van der Waals surface area (Å²) >= 11 is 0. The summed E-state index contributed by atoms with van der Waals surface area (Å²) in [6.07, 6.45) is 5.89. The lowest BCUT2D eigenvalue weighted by atomic mass is 10.1. The molecule has 1 heterocycles. The van der Waals surface area contributed by atoms with Gasteiger partial charge < -0.3 is 9.47 Å². The van der Waals surface area contributed by atoms with Crippen molar-refractivity contribution in [2.45, 2.75) is 0 Å². The van der Waals surface area contributed by atoms with Gasteiger partial charge in [0.15, 0.2) is 0 Å². The quantitative estimate of drug-likeness (QED) is 0.713. The Hall–Kier alpha value is -2.81. The van der Waals surface area contributed by atoms with Crippen LogP contribution < -0.4 is 9.47 Å². The van der Waals surface area contributed by atoms with Crippen molar-refractivity contribution in [2.75, 3.05) is 14.2 Å². The number of rotatable bonds is 4. The average Bonchev–Trinajstić information content (AvgIpc) is 2.59. The van der Waals surface area contributed by atoms with Crippen LogP contribution in [-0.4, -0.2) is 19.2 Å². The number of para-hydroxylation sites is 1. The second-order valence-corrected chi connectivity index (χ2v) is 4.83. The number of aromatic nitrogens is 1. The molecule has 0 spiro atoms. The molecule has 0 amide bonds. The first kappa shape index (κ1) is 14.1. The van der Waals surface area contributed by atoms with Crippen molar-refractivity contribution < 1.29 is 9.47 Å². The van der Waals surface area contributed by atoms with Gasteiger partial charge in [-0.2, -0.15) is 0 Å². The Morgan fingerprint density at radius 2 is 1.55 bits per heavy atom. The van der Waals surface area contributed by atoms with Crippen molar-refractivity contribution in [3.8, 4) is 11.5 Å². The first-order valence-electron chi connectivity index (χ1n) is 7.06. The van der Waals surface area contributed by atoms with Crippen LogP contribution in [-0.2, 0) is 0 Å². The van der Waals surface area contributed by atoms with E-state index in [0.717, 1.165) is 33.5 Å². The molecule has 3 nitrogen and oxygen atoms in total. The molecule has 1 aromatic heterocycles. The molecule has 3 rings (SSSR count). The minimum absolute atomic E-state index is 0.786. The molecule has 0 aliphatic heterocycles. The molecule has 2 aromatic carbocycles. The first-order chi connectivity index (χ1) is 10.8. The molecule has 0 aliphatic rings. The van der Waals surface area contributed by atoms with Gasteiger partial charge in [0, 0.05) is 11.6 Å². The summed E-state index contributed by atoms with van der Waals surface area (Å²) in [5.41, 5.74) is 3.02. The molecule has 0 radical (unpaired) electrons. The molecule has 110 valence electrons. The van der Waals surface area contributed by atoms with Crippen LogP contribution in [0.1, 0.15) is 11.1 Å². The average molecular weight is 291 g/mol. The van der Waals surface area contributed by atoms with E-state index in [4.69, 9.17) is 9.47 Å². The summed E-state index contributed by atoms with van der Waals surface area (Å²) in [6, 6.07) is 15.9. The van der Waals surface area contributed by atoms with Crippen LogP contribution >= 0.6 is 0 Å². The van der Waals surface area contributed by atoms with Gasteiger partial charge in [-0.05, 0) is 35.9 Å². The lowest BCUT2D eigenvalue weighted by molar-refractivity contribution is 0.392. The van der Waals surface area contributed by atoms with Crippen LogP contribution in [0.3, 0.4) is 0 Å². The van der Waals surface area contributed by atoms with Crippen LogP contribution in [0.25, 0.3) is 23.1 Å². The fraction of sp³-hybridized carbons (Fsp3) is 0.105. The van der Waals surface area contributed by atoms with Crippen molar-refractivity contribution in [3.63, 3.8) is 0 Å². The van der Waals surface area contributed by atoms with Crippen molar-refractivity contribution >= 4 is 23.1 Å². The van der Waals surface area contributed by atoms with Crippen LogP contribution in [0.5, 0.6) is 11.5 Å². The van der Waals surface area contributed by atoms with Gasteiger partial charge in [-0.3, -0.25) is 4.98 Å². The zero-order valence-electron chi connectivity index (χ0n) is 12.6. The second kappa shape index (κ2) is 6.31. The third-order valence-corrected chi connectivity index (χ3v) is 3.58. The fourth-order valence-corrected chi connectivity index (χ4v) is 2.48. The Morgan fingerprint density at radius 1 is 0.818 bits per heavy atom. The summed E-state index contributed by atoms with van der Waals surface area (Å²) in [5, 5.41) is 1.12. The molecule has 0 saturated heterocycles. The van der Waals surface area contributed by atoms with E-state index >= 15 is 0 Å². The second-order valence-electron chi connectivity index (χ2n) is 4.83. The zero-order valence-corrected chi connectivity index (χ0v) is 12.6. The fourth-order valence-electron chi connectivity index (χ4n) is 2.48. The highest BCUT2D eigenvalue weighted by Gasteiger charge is 2.06. The monoisotopic (exact) mass is 291 g/mol. The van der Waals surface area contributed by atoms with E-state index in [1.807, 2.05) is 54.7 Å². The van der Waals surface area contributed by atoms with E-state index in [-0.39, 0.29) is 0 Å². The number of ether oxygens (including phenoxy) is 2. The molecular formula is C19H17NO2. The topological polar surface area (TPSA) is 31.4 Å². The molecule has 0 N–H and O–H groups in total. The van der Waals surface area contributed by atoms with Gasteiger partial charge in [0.1, 0.15) is 11.5 Å². The van der Waals surface area contributed by atoms with E-state index < -0.39 is 0 Å². The van der Waals surface area contributed by atoms with E-state index in [2.05, 4.69) is 17.1 Å². The Labute approximate surface area is 129 Å². The molecular weight excluding hydrogens is 274 g/mol. The molecule has 0 aliphatic carbocycles. The SMILES string of the molecule is COc1cccc(OC)c1C=Cc1ccnc2ccccc12. The molecule has 0 bridgehead atoms. The molecule has 0 saturated carbocycles.